The summed E-state index contributed by atoms with van der Waals surface area (Å²) in [6.45, 7) is 1.49. The molecule has 1 N–H and O–H groups in total. The van der Waals surface area contributed by atoms with Crippen molar-refractivity contribution in [3.8, 4) is 5.75 Å². The summed E-state index contributed by atoms with van der Waals surface area (Å²) in [5.41, 5.74) is 0.583. The molecule has 2 aromatic rings. The summed E-state index contributed by atoms with van der Waals surface area (Å²) < 4.78 is 15.9. The Morgan fingerprint density at radius 3 is 2.50 bits per heavy atom. The van der Waals surface area contributed by atoms with Crippen LogP contribution in [0.3, 0.4) is 0 Å². The highest BCUT2D eigenvalue weighted by atomic mass is 79.9. The Balaban J connectivity index is 1.85. The first kappa shape index (κ1) is 17.8. The lowest BCUT2D eigenvalue weighted by atomic mass is 10.3. The summed E-state index contributed by atoms with van der Waals surface area (Å²) >= 11 is 3.16. The minimum Gasteiger partial charge on any atom is -0.497 e. The second kappa shape index (κ2) is 8.35. The largest absolute Gasteiger partial charge is 0.497 e. The van der Waals surface area contributed by atoms with Gasteiger partial charge in [-0.2, -0.15) is 0 Å². The van der Waals surface area contributed by atoms with Crippen LogP contribution in [0.15, 0.2) is 51.6 Å². The quantitative estimate of drug-likeness (QED) is 0.598. The zero-order valence-corrected chi connectivity index (χ0v) is 14.7. The number of carbonyl (C=O) groups excluding carboxylic acids is 2. The van der Waals surface area contributed by atoms with Crippen molar-refractivity contribution in [3.05, 3.63) is 52.9 Å². The molecule has 24 heavy (non-hydrogen) atoms. The number of hydrogen-bond donors (Lipinski definition) is 1. The van der Waals surface area contributed by atoms with Gasteiger partial charge in [-0.25, -0.2) is 4.79 Å². The maximum Gasteiger partial charge on any atom is 0.331 e. The van der Waals surface area contributed by atoms with Crippen LogP contribution in [0.2, 0.25) is 0 Å². The smallest absolute Gasteiger partial charge is 0.331 e. The number of furan rings is 1. The molecule has 1 amide bonds. The number of halogens is 1. The average Bonchev–Trinajstić information content (AvgIpc) is 2.99. The number of esters is 1. The molecule has 1 atom stereocenters. The Morgan fingerprint density at radius 1 is 1.21 bits per heavy atom. The topological polar surface area (TPSA) is 77.8 Å². The van der Waals surface area contributed by atoms with Crippen molar-refractivity contribution in [2.75, 3.05) is 12.4 Å². The molecular weight excluding hydrogens is 378 g/mol. The number of rotatable bonds is 6. The van der Waals surface area contributed by atoms with Crippen LogP contribution in [0, 0.1) is 0 Å². The van der Waals surface area contributed by atoms with E-state index in [4.69, 9.17) is 13.9 Å². The van der Waals surface area contributed by atoms with Gasteiger partial charge in [-0.1, -0.05) is 0 Å². The maximum absolute atomic E-state index is 12.0. The number of nitrogens with one attached hydrogen (secondary N) is 1. The molecule has 2 rings (SSSR count). The first-order valence-corrected chi connectivity index (χ1v) is 7.86. The van der Waals surface area contributed by atoms with E-state index in [9.17, 15) is 9.59 Å². The first-order valence-electron chi connectivity index (χ1n) is 7.07. The van der Waals surface area contributed by atoms with Crippen LogP contribution in [0.5, 0.6) is 5.75 Å². The highest BCUT2D eigenvalue weighted by Gasteiger charge is 2.16. The van der Waals surface area contributed by atoms with E-state index in [0.29, 0.717) is 21.9 Å². The van der Waals surface area contributed by atoms with Crippen LogP contribution in [0.4, 0.5) is 5.69 Å². The third-order valence-electron chi connectivity index (χ3n) is 3.00. The van der Waals surface area contributed by atoms with Crippen LogP contribution in [0.25, 0.3) is 6.08 Å². The SMILES string of the molecule is COc1ccc(NC(=O)C(C)OC(=O)/C=C/c2ccc(Br)o2)cc1. The van der Waals surface area contributed by atoms with E-state index in [0.717, 1.165) is 0 Å². The molecule has 0 saturated heterocycles. The van der Waals surface area contributed by atoms with E-state index in [1.165, 1.54) is 19.1 Å². The molecule has 1 aromatic carbocycles. The van der Waals surface area contributed by atoms with E-state index < -0.39 is 18.0 Å². The molecule has 0 fully saturated rings. The number of amides is 1. The highest BCUT2D eigenvalue weighted by molar-refractivity contribution is 9.10. The second-order valence-corrected chi connectivity index (χ2v) is 5.55. The van der Waals surface area contributed by atoms with Crippen LogP contribution in [0.1, 0.15) is 12.7 Å². The molecule has 1 aromatic heterocycles. The number of methoxy groups -OCH3 is 1. The van der Waals surface area contributed by atoms with Crippen LogP contribution in [-0.2, 0) is 14.3 Å². The fourth-order valence-electron chi connectivity index (χ4n) is 1.75. The first-order chi connectivity index (χ1) is 11.5. The molecule has 1 heterocycles. The zero-order valence-electron chi connectivity index (χ0n) is 13.1. The van der Waals surface area contributed by atoms with Gasteiger partial charge in [-0.3, -0.25) is 4.79 Å². The lowest BCUT2D eigenvalue weighted by Gasteiger charge is -2.12. The Bertz CT molecular complexity index is 736. The molecule has 7 heteroatoms. The number of ether oxygens (including phenoxy) is 2. The van der Waals surface area contributed by atoms with Crippen molar-refractivity contribution in [1.29, 1.82) is 0 Å². The number of benzene rings is 1. The third-order valence-corrected chi connectivity index (χ3v) is 3.42. The Kier molecular flexibility index (Phi) is 6.20. The monoisotopic (exact) mass is 393 g/mol. The number of anilines is 1. The van der Waals surface area contributed by atoms with Gasteiger partial charge in [0.05, 0.1) is 7.11 Å². The molecule has 0 aliphatic carbocycles. The van der Waals surface area contributed by atoms with E-state index in [-0.39, 0.29) is 0 Å². The maximum atomic E-state index is 12.0. The lowest BCUT2D eigenvalue weighted by molar-refractivity contribution is -0.148. The lowest BCUT2D eigenvalue weighted by Crippen LogP contribution is -2.29. The zero-order chi connectivity index (χ0) is 17.5. The molecule has 1 unspecified atom stereocenters. The molecule has 0 aliphatic heterocycles. The van der Waals surface area contributed by atoms with E-state index in [1.807, 2.05) is 0 Å². The summed E-state index contributed by atoms with van der Waals surface area (Å²) in [5.74, 6) is 0.110. The fourth-order valence-corrected chi connectivity index (χ4v) is 2.07. The van der Waals surface area contributed by atoms with Gasteiger partial charge >= 0.3 is 5.97 Å². The highest BCUT2D eigenvalue weighted by Crippen LogP contribution is 2.16. The molecular formula is C17H16BrNO5. The summed E-state index contributed by atoms with van der Waals surface area (Å²) in [6, 6.07) is 10.2. The van der Waals surface area contributed by atoms with Crippen molar-refractivity contribution in [1.82, 2.24) is 0 Å². The summed E-state index contributed by atoms with van der Waals surface area (Å²) in [7, 11) is 1.56. The molecule has 0 radical (unpaired) electrons. The number of carbonyl (C=O) groups is 2. The molecule has 0 spiro atoms. The fraction of sp³-hybridized carbons (Fsp3) is 0.176. The number of hydrogen-bond acceptors (Lipinski definition) is 5. The van der Waals surface area contributed by atoms with Gasteiger partial charge in [0.15, 0.2) is 10.8 Å². The van der Waals surface area contributed by atoms with Gasteiger partial charge < -0.3 is 19.2 Å². The van der Waals surface area contributed by atoms with Crippen molar-refractivity contribution in [3.63, 3.8) is 0 Å². The second-order valence-electron chi connectivity index (χ2n) is 4.77. The molecule has 126 valence electrons. The summed E-state index contributed by atoms with van der Waals surface area (Å²) in [6.07, 6.45) is 1.72. The Hall–Kier alpha value is -2.54. The molecule has 6 nitrogen and oxygen atoms in total. The van der Waals surface area contributed by atoms with E-state index in [2.05, 4.69) is 21.2 Å². The predicted octanol–water partition coefficient (Wildman–Crippen LogP) is 3.63. The molecule has 0 bridgehead atoms. The van der Waals surface area contributed by atoms with E-state index >= 15 is 0 Å². The predicted molar refractivity (Wildman–Crippen MR) is 92.6 cm³/mol. The van der Waals surface area contributed by atoms with Crippen LogP contribution >= 0.6 is 15.9 Å². The van der Waals surface area contributed by atoms with E-state index in [1.54, 1.807) is 43.5 Å². The molecule has 0 saturated carbocycles. The standard InChI is InChI=1S/C17H16BrNO5/c1-11(17(21)19-12-3-5-13(22-2)6-4-12)23-16(20)10-8-14-7-9-15(18)24-14/h3-11H,1-2H3,(H,19,21)/b10-8+. The van der Waals surface area contributed by atoms with Crippen LogP contribution in [-0.4, -0.2) is 25.1 Å². The Labute approximate surface area is 147 Å². The Morgan fingerprint density at radius 2 is 1.92 bits per heavy atom. The third kappa shape index (κ3) is 5.27. The normalized spacial score (nSPS) is 12.0. The minimum atomic E-state index is -0.937. The van der Waals surface area contributed by atoms with Crippen LogP contribution < -0.4 is 10.1 Å². The van der Waals surface area contributed by atoms with Gasteiger partial charge in [-0.05, 0) is 65.3 Å². The van der Waals surface area contributed by atoms with Gasteiger partial charge in [0.2, 0.25) is 0 Å². The summed E-state index contributed by atoms with van der Waals surface area (Å²) in [5, 5.41) is 2.65. The van der Waals surface area contributed by atoms with Crippen molar-refractivity contribution < 1.29 is 23.5 Å². The van der Waals surface area contributed by atoms with Gasteiger partial charge in [0, 0.05) is 11.8 Å². The average molecular weight is 394 g/mol. The molecule has 0 aliphatic rings. The van der Waals surface area contributed by atoms with Crippen molar-refractivity contribution in [2.45, 2.75) is 13.0 Å². The van der Waals surface area contributed by atoms with Gasteiger partial charge in [0.25, 0.3) is 5.91 Å². The van der Waals surface area contributed by atoms with Crippen molar-refractivity contribution in [2.24, 2.45) is 0 Å². The minimum absolute atomic E-state index is 0.428. The van der Waals surface area contributed by atoms with Gasteiger partial charge in [-0.15, -0.1) is 0 Å². The van der Waals surface area contributed by atoms with Crippen molar-refractivity contribution >= 4 is 39.6 Å². The van der Waals surface area contributed by atoms with Gasteiger partial charge in [0.1, 0.15) is 11.5 Å². The summed E-state index contributed by atoms with van der Waals surface area (Å²) in [4.78, 5) is 23.7.